The summed E-state index contributed by atoms with van der Waals surface area (Å²) in [4.78, 5) is 0. The topological polar surface area (TPSA) is 0 Å². The molecular formula is C46H96N+. The third-order valence-corrected chi connectivity index (χ3v) is 11.8. The summed E-state index contributed by atoms with van der Waals surface area (Å²) in [5.74, 6) is 0. The van der Waals surface area contributed by atoms with E-state index in [4.69, 9.17) is 0 Å². The number of unbranched alkanes of at least 4 members (excludes halogenated alkanes) is 36. The zero-order valence-corrected chi connectivity index (χ0v) is 34.1. The molecule has 0 amide bonds. The minimum absolute atomic E-state index is 1.34. The Kier molecular flexibility index (Phi) is 40.4. The van der Waals surface area contributed by atoms with Crippen molar-refractivity contribution in [2.75, 3.05) is 26.2 Å². The van der Waals surface area contributed by atoms with Crippen molar-refractivity contribution in [2.24, 2.45) is 0 Å². The van der Waals surface area contributed by atoms with Crippen molar-refractivity contribution < 1.29 is 4.48 Å². The first-order chi connectivity index (χ1) is 23.2. The van der Waals surface area contributed by atoms with Gasteiger partial charge in [0, 0.05) is 0 Å². The molecule has 0 spiro atoms. The maximum Gasteiger partial charge on any atom is 0.0786 e. The highest BCUT2D eigenvalue weighted by Gasteiger charge is 2.21. The summed E-state index contributed by atoms with van der Waals surface area (Å²) in [5, 5.41) is 0. The smallest absolute Gasteiger partial charge is 0.0786 e. The van der Waals surface area contributed by atoms with Gasteiger partial charge in [-0.25, -0.2) is 0 Å². The molecule has 0 bridgehead atoms. The summed E-state index contributed by atoms with van der Waals surface area (Å²) in [6, 6.07) is 0. The Morgan fingerprint density at radius 1 is 0.191 bits per heavy atom. The van der Waals surface area contributed by atoms with Crippen LogP contribution in [0.2, 0.25) is 0 Å². The Labute approximate surface area is 301 Å². The minimum Gasteiger partial charge on any atom is -0.324 e. The van der Waals surface area contributed by atoms with Crippen LogP contribution in [0.1, 0.15) is 272 Å². The van der Waals surface area contributed by atoms with Crippen LogP contribution in [0.25, 0.3) is 0 Å². The van der Waals surface area contributed by atoms with Gasteiger partial charge >= 0.3 is 0 Å². The van der Waals surface area contributed by atoms with Crippen molar-refractivity contribution in [1.82, 2.24) is 0 Å². The molecule has 0 N–H and O–H groups in total. The molecule has 0 unspecified atom stereocenters. The maximum absolute atomic E-state index is 2.45. The summed E-state index contributed by atoms with van der Waals surface area (Å²) in [6.45, 7) is 15.1. The third kappa shape index (κ3) is 35.6. The van der Waals surface area contributed by atoms with Gasteiger partial charge in [-0.1, -0.05) is 232 Å². The van der Waals surface area contributed by atoms with Gasteiger partial charge in [0.1, 0.15) is 0 Å². The standard InChI is InChI=1S/C46H96N/c1-5-9-11-13-15-17-19-21-23-25-27-29-31-33-35-37-39-41-43-45-47(7-3,8-4)46-44-42-40-38-36-34-32-30-28-26-24-22-20-18-16-14-12-10-6-2/h5-46H2,1-4H3/q+1. The van der Waals surface area contributed by atoms with Crippen LogP contribution in [-0.4, -0.2) is 30.7 Å². The van der Waals surface area contributed by atoms with E-state index in [-0.39, 0.29) is 0 Å². The molecule has 47 heavy (non-hydrogen) atoms. The molecule has 0 fully saturated rings. The van der Waals surface area contributed by atoms with Gasteiger partial charge in [-0.2, -0.15) is 0 Å². The molecule has 0 aliphatic carbocycles. The van der Waals surface area contributed by atoms with Crippen LogP contribution in [0, 0.1) is 0 Å². The van der Waals surface area contributed by atoms with Gasteiger partial charge in [0.2, 0.25) is 0 Å². The highest BCUT2D eigenvalue weighted by atomic mass is 15.3. The van der Waals surface area contributed by atoms with Crippen LogP contribution in [0.15, 0.2) is 0 Å². The lowest BCUT2D eigenvalue weighted by Crippen LogP contribution is -2.49. The Hall–Kier alpha value is -0.0400. The first kappa shape index (κ1) is 47.0. The zero-order valence-electron chi connectivity index (χ0n) is 34.1. The highest BCUT2D eigenvalue weighted by Crippen LogP contribution is 2.18. The lowest BCUT2D eigenvalue weighted by Gasteiger charge is -2.37. The summed E-state index contributed by atoms with van der Waals surface area (Å²) < 4.78 is 1.39. The normalized spacial score (nSPS) is 12.0. The number of hydrogen-bond donors (Lipinski definition) is 0. The monoisotopic (exact) mass is 663 g/mol. The van der Waals surface area contributed by atoms with E-state index in [2.05, 4.69) is 27.7 Å². The number of nitrogens with zero attached hydrogens (tertiary/aromatic N) is 1. The van der Waals surface area contributed by atoms with Crippen molar-refractivity contribution in [3.63, 3.8) is 0 Å². The molecule has 0 aromatic carbocycles. The number of quaternary nitrogens is 1. The molecule has 0 aromatic rings. The Bertz CT molecular complexity index is 493. The average molecular weight is 663 g/mol. The molecule has 0 rings (SSSR count). The molecule has 0 radical (unpaired) electrons. The zero-order chi connectivity index (χ0) is 34.2. The van der Waals surface area contributed by atoms with E-state index < -0.39 is 0 Å². The van der Waals surface area contributed by atoms with Gasteiger partial charge in [-0.15, -0.1) is 0 Å². The van der Waals surface area contributed by atoms with Crippen LogP contribution in [-0.2, 0) is 0 Å². The Morgan fingerprint density at radius 2 is 0.340 bits per heavy atom. The maximum atomic E-state index is 2.45. The van der Waals surface area contributed by atoms with E-state index >= 15 is 0 Å². The fourth-order valence-corrected chi connectivity index (χ4v) is 8.02. The molecule has 1 heteroatoms. The van der Waals surface area contributed by atoms with Crippen molar-refractivity contribution in [2.45, 2.75) is 272 Å². The lowest BCUT2D eigenvalue weighted by molar-refractivity contribution is -0.925. The van der Waals surface area contributed by atoms with Crippen LogP contribution >= 0.6 is 0 Å². The van der Waals surface area contributed by atoms with Crippen molar-refractivity contribution in [3.05, 3.63) is 0 Å². The van der Waals surface area contributed by atoms with Gasteiger partial charge in [-0.3, -0.25) is 0 Å². The molecule has 0 heterocycles. The van der Waals surface area contributed by atoms with E-state index in [0.717, 1.165) is 0 Å². The van der Waals surface area contributed by atoms with E-state index in [9.17, 15) is 0 Å². The van der Waals surface area contributed by atoms with Gasteiger partial charge in [0.05, 0.1) is 26.2 Å². The highest BCUT2D eigenvalue weighted by molar-refractivity contribution is 4.54. The summed E-state index contributed by atoms with van der Waals surface area (Å²) in [7, 11) is 0. The Morgan fingerprint density at radius 3 is 0.489 bits per heavy atom. The molecule has 0 aliphatic heterocycles. The van der Waals surface area contributed by atoms with Crippen molar-refractivity contribution in [3.8, 4) is 0 Å². The molecular weight excluding hydrogens is 567 g/mol. The van der Waals surface area contributed by atoms with Gasteiger partial charge in [0.25, 0.3) is 0 Å². The third-order valence-electron chi connectivity index (χ3n) is 11.8. The first-order valence-corrected chi connectivity index (χ1v) is 23.1. The molecule has 0 saturated carbocycles. The fourth-order valence-electron chi connectivity index (χ4n) is 8.02. The SMILES string of the molecule is CCCCCCCCCCCCCCCCCCCCC[N+](CC)(CC)CCCCCCCCCCCCCCCCCCCCC. The van der Waals surface area contributed by atoms with Gasteiger partial charge < -0.3 is 4.48 Å². The van der Waals surface area contributed by atoms with E-state index in [1.54, 1.807) is 0 Å². The summed E-state index contributed by atoms with van der Waals surface area (Å²) in [6.07, 6.45) is 56.0. The summed E-state index contributed by atoms with van der Waals surface area (Å²) >= 11 is 0. The van der Waals surface area contributed by atoms with Crippen molar-refractivity contribution >= 4 is 0 Å². The quantitative estimate of drug-likeness (QED) is 0.0451. The second-order valence-electron chi connectivity index (χ2n) is 16.1. The number of rotatable bonds is 42. The molecule has 0 aliphatic rings. The molecule has 1 nitrogen and oxygen atoms in total. The Balaban J connectivity index is 3.46. The molecule has 284 valence electrons. The van der Waals surface area contributed by atoms with E-state index in [1.807, 2.05) is 0 Å². The lowest BCUT2D eigenvalue weighted by atomic mass is 10.0. The van der Waals surface area contributed by atoms with Crippen LogP contribution in [0.3, 0.4) is 0 Å². The molecule has 0 saturated heterocycles. The fraction of sp³-hybridized carbons (Fsp3) is 1.00. The second kappa shape index (κ2) is 40.4. The van der Waals surface area contributed by atoms with E-state index in [1.165, 1.54) is 275 Å². The molecule has 0 aromatic heterocycles. The first-order valence-electron chi connectivity index (χ1n) is 23.1. The predicted octanol–water partition coefficient (Wildman–Crippen LogP) is 16.7. The summed E-state index contributed by atoms with van der Waals surface area (Å²) in [5.41, 5.74) is 0. The van der Waals surface area contributed by atoms with E-state index in [0.29, 0.717) is 0 Å². The predicted molar refractivity (Wildman–Crippen MR) is 218 cm³/mol. The van der Waals surface area contributed by atoms with Crippen LogP contribution in [0.4, 0.5) is 0 Å². The van der Waals surface area contributed by atoms with Crippen molar-refractivity contribution in [1.29, 1.82) is 0 Å². The minimum atomic E-state index is 1.34. The molecule has 0 atom stereocenters. The average Bonchev–Trinajstić information content (AvgIpc) is 3.09. The van der Waals surface area contributed by atoms with Crippen LogP contribution < -0.4 is 0 Å². The number of hydrogen-bond acceptors (Lipinski definition) is 0. The van der Waals surface area contributed by atoms with Gasteiger partial charge in [0.15, 0.2) is 0 Å². The largest absolute Gasteiger partial charge is 0.324 e. The van der Waals surface area contributed by atoms with Crippen LogP contribution in [0.5, 0.6) is 0 Å². The second-order valence-corrected chi connectivity index (χ2v) is 16.1. The van der Waals surface area contributed by atoms with Gasteiger partial charge in [-0.05, 0) is 39.5 Å².